The van der Waals surface area contributed by atoms with E-state index >= 15 is 0 Å². The Kier molecular flexibility index (Phi) is 4.08. The Morgan fingerprint density at radius 1 is 1.29 bits per heavy atom. The highest BCUT2D eigenvalue weighted by atomic mass is 16.5. The van der Waals surface area contributed by atoms with Crippen molar-refractivity contribution in [3.05, 3.63) is 48.7 Å². The Bertz CT molecular complexity index is 1150. The lowest BCUT2D eigenvalue weighted by atomic mass is 10.0. The van der Waals surface area contributed by atoms with E-state index in [9.17, 15) is 14.7 Å². The van der Waals surface area contributed by atoms with Crippen molar-refractivity contribution in [1.29, 1.82) is 0 Å². The first-order chi connectivity index (χ1) is 13.5. The predicted octanol–water partition coefficient (Wildman–Crippen LogP) is 0.775. The van der Waals surface area contributed by atoms with Crippen LogP contribution in [-0.2, 0) is 11.3 Å². The van der Waals surface area contributed by atoms with Crippen molar-refractivity contribution in [2.45, 2.75) is 12.1 Å². The monoisotopic (exact) mass is 377 g/mol. The maximum atomic E-state index is 12.5. The smallest absolute Gasteiger partial charge is 0.323 e. The standard InChI is InChI=1S/C19H15N5O4/c1-28-13-4-3-12-10-24(16(25)14(12)9-13)11-19(17(26)22-18(27)23-19)6-5-15-20-7-2-8-21-15/h2-4,7-10,25H,11H2,1H3,(H2,22,23,26,27)/t19-/m0/s1. The van der Waals surface area contributed by atoms with Gasteiger partial charge in [0.1, 0.15) is 5.75 Å². The van der Waals surface area contributed by atoms with Crippen molar-refractivity contribution < 1.29 is 19.4 Å². The predicted molar refractivity (Wildman–Crippen MR) is 98.5 cm³/mol. The lowest BCUT2D eigenvalue weighted by Crippen LogP contribution is -2.49. The maximum Gasteiger partial charge on any atom is 0.323 e. The first-order valence-electron chi connectivity index (χ1n) is 8.30. The number of amides is 3. The highest BCUT2D eigenvalue weighted by Crippen LogP contribution is 2.31. The SMILES string of the molecule is COc1ccc2cn(C[C@]3(C#Cc4ncccn4)NC(=O)NC3=O)c(O)c2c1. The molecule has 9 nitrogen and oxygen atoms in total. The molecule has 140 valence electrons. The third kappa shape index (κ3) is 2.97. The molecule has 3 amide bonds. The highest BCUT2D eigenvalue weighted by Gasteiger charge is 2.46. The summed E-state index contributed by atoms with van der Waals surface area (Å²) in [7, 11) is 1.53. The van der Waals surface area contributed by atoms with Gasteiger partial charge in [0, 0.05) is 29.4 Å². The summed E-state index contributed by atoms with van der Waals surface area (Å²) in [5.41, 5.74) is -1.58. The molecule has 4 rings (SSSR count). The van der Waals surface area contributed by atoms with Crippen LogP contribution in [-0.4, -0.2) is 44.2 Å². The van der Waals surface area contributed by atoms with Gasteiger partial charge in [-0.05, 0) is 30.2 Å². The molecule has 1 aliphatic rings. The molecule has 0 unspecified atom stereocenters. The Labute approximate surface area is 159 Å². The average molecular weight is 377 g/mol. The minimum atomic E-state index is -1.58. The van der Waals surface area contributed by atoms with Crippen LogP contribution >= 0.6 is 0 Å². The van der Waals surface area contributed by atoms with E-state index in [-0.39, 0.29) is 18.2 Å². The molecule has 3 heterocycles. The second kappa shape index (κ2) is 6.59. The van der Waals surface area contributed by atoms with Crippen LogP contribution in [0.5, 0.6) is 11.6 Å². The Hall–Kier alpha value is -4.06. The quantitative estimate of drug-likeness (QED) is 0.458. The highest BCUT2D eigenvalue weighted by molar-refractivity contribution is 6.09. The molecular weight excluding hydrogens is 362 g/mol. The van der Waals surface area contributed by atoms with Crippen LogP contribution in [0.1, 0.15) is 5.82 Å². The van der Waals surface area contributed by atoms with Crippen LogP contribution in [0.3, 0.4) is 0 Å². The second-order valence-electron chi connectivity index (χ2n) is 6.17. The fraction of sp³-hybridized carbons (Fsp3) is 0.158. The Morgan fingerprint density at radius 3 is 2.75 bits per heavy atom. The number of fused-ring (bicyclic) bond motifs is 1. The summed E-state index contributed by atoms with van der Waals surface area (Å²) in [6.07, 6.45) is 4.72. The van der Waals surface area contributed by atoms with E-state index in [1.807, 2.05) is 0 Å². The number of nitrogens with one attached hydrogen (secondary N) is 2. The molecule has 3 N–H and O–H groups in total. The molecule has 28 heavy (non-hydrogen) atoms. The van der Waals surface area contributed by atoms with E-state index in [4.69, 9.17) is 4.74 Å². The second-order valence-corrected chi connectivity index (χ2v) is 6.17. The van der Waals surface area contributed by atoms with Crippen LogP contribution in [0.15, 0.2) is 42.9 Å². The van der Waals surface area contributed by atoms with Crippen molar-refractivity contribution in [1.82, 2.24) is 25.2 Å². The number of urea groups is 1. The van der Waals surface area contributed by atoms with Crippen LogP contribution in [0, 0.1) is 11.8 Å². The number of benzene rings is 1. The third-order valence-electron chi connectivity index (χ3n) is 4.37. The van der Waals surface area contributed by atoms with Crippen LogP contribution in [0.4, 0.5) is 4.79 Å². The maximum absolute atomic E-state index is 12.5. The first kappa shape index (κ1) is 17.4. The minimum Gasteiger partial charge on any atom is -0.497 e. The molecule has 1 saturated heterocycles. The minimum absolute atomic E-state index is 0.0695. The van der Waals surface area contributed by atoms with Crippen LogP contribution in [0.25, 0.3) is 10.8 Å². The lowest BCUT2D eigenvalue weighted by Gasteiger charge is -2.20. The summed E-state index contributed by atoms with van der Waals surface area (Å²) in [5.74, 6) is 5.58. The van der Waals surface area contributed by atoms with Crippen molar-refractivity contribution in [2.24, 2.45) is 0 Å². The molecule has 1 aliphatic heterocycles. The normalized spacial score (nSPS) is 18.3. The largest absolute Gasteiger partial charge is 0.497 e. The Morgan fingerprint density at radius 2 is 2.07 bits per heavy atom. The molecule has 1 aromatic carbocycles. The number of aromatic nitrogens is 3. The molecule has 1 fully saturated rings. The molecular formula is C19H15N5O4. The van der Waals surface area contributed by atoms with E-state index in [1.54, 1.807) is 30.5 Å². The van der Waals surface area contributed by atoms with E-state index in [1.165, 1.54) is 24.1 Å². The number of carbonyl (C=O) groups is 2. The van der Waals surface area contributed by atoms with Crippen LogP contribution < -0.4 is 15.4 Å². The van der Waals surface area contributed by atoms with Crippen molar-refractivity contribution in [2.75, 3.05) is 7.11 Å². The fourth-order valence-corrected chi connectivity index (χ4v) is 2.99. The molecule has 9 heteroatoms. The fourth-order valence-electron chi connectivity index (χ4n) is 2.99. The molecule has 0 saturated carbocycles. The number of hydrogen-bond acceptors (Lipinski definition) is 6. The molecule has 0 bridgehead atoms. The van der Waals surface area contributed by atoms with Crippen molar-refractivity contribution in [3.8, 4) is 23.5 Å². The summed E-state index contributed by atoms with van der Waals surface area (Å²) >= 11 is 0. The Balaban J connectivity index is 1.76. The lowest BCUT2D eigenvalue weighted by molar-refractivity contribution is -0.122. The first-order valence-corrected chi connectivity index (χ1v) is 8.30. The van der Waals surface area contributed by atoms with Gasteiger partial charge < -0.3 is 19.7 Å². The molecule has 2 aromatic heterocycles. The van der Waals surface area contributed by atoms with E-state index in [0.29, 0.717) is 11.1 Å². The third-order valence-corrected chi connectivity index (χ3v) is 4.37. The van der Waals surface area contributed by atoms with Gasteiger partial charge in [0.05, 0.1) is 13.7 Å². The summed E-state index contributed by atoms with van der Waals surface area (Å²) in [4.78, 5) is 32.3. The van der Waals surface area contributed by atoms with Gasteiger partial charge in [0.2, 0.25) is 11.4 Å². The molecule has 0 aliphatic carbocycles. The van der Waals surface area contributed by atoms with Crippen LogP contribution in [0.2, 0.25) is 0 Å². The van der Waals surface area contributed by atoms with E-state index in [2.05, 4.69) is 32.4 Å². The van der Waals surface area contributed by atoms with Gasteiger partial charge in [-0.25, -0.2) is 14.8 Å². The number of nitrogens with zero attached hydrogens (tertiary/aromatic N) is 3. The molecule has 1 atom stereocenters. The van der Waals surface area contributed by atoms with Gasteiger partial charge in [-0.15, -0.1) is 0 Å². The summed E-state index contributed by atoms with van der Waals surface area (Å²) in [6.45, 7) is -0.104. The molecule has 0 spiro atoms. The zero-order valence-electron chi connectivity index (χ0n) is 14.8. The summed E-state index contributed by atoms with van der Waals surface area (Å²) in [6, 6.07) is 6.21. The molecule has 3 aromatic rings. The van der Waals surface area contributed by atoms with Gasteiger partial charge in [-0.2, -0.15) is 0 Å². The van der Waals surface area contributed by atoms with Gasteiger partial charge in [-0.1, -0.05) is 5.92 Å². The summed E-state index contributed by atoms with van der Waals surface area (Å²) < 4.78 is 6.63. The van der Waals surface area contributed by atoms with Crippen molar-refractivity contribution >= 4 is 22.7 Å². The zero-order chi connectivity index (χ0) is 19.7. The van der Waals surface area contributed by atoms with E-state index in [0.717, 1.165) is 5.39 Å². The van der Waals surface area contributed by atoms with E-state index < -0.39 is 17.5 Å². The molecule has 0 radical (unpaired) electrons. The van der Waals surface area contributed by atoms with Gasteiger partial charge in [-0.3, -0.25) is 10.1 Å². The number of rotatable bonds is 3. The number of ether oxygens (including phenoxy) is 1. The zero-order valence-corrected chi connectivity index (χ0v) is 14.8. The number of carbonyl (C=O) groups excluding carboxylic acids is 2. The van der Waals surface area contributed by atoms with Gasteiger partial charge in [0.15, 0.2) is 5.88 Å². The van der Waals surface area contributed by atoms with Gasteiger partial charge in [0.25, 0.3) is 5.91 Å². The number of aromatic hydroxyl groups is 1. The average Bonchev–Trinajstić information content (AvgIpc) is 3.16. The number of methoxy groups -OCH3 is 1. The number of hydrogen-bond donors (Lipinski definition) is 3. The van der Waals surface area contributed by atoms with Gasteiger partial charge >= 0.3 is 6.03 Å². The summed E-state index contributed by atoms with van der Waals surface area (Å²) in [5, 5.41) is 16.6. The number of imide groups is 1. The topological polar surface area (TPSA) is 118 Å². The van der Waals surface area contributed by atoms with Crippen molar-refractivity contribution in [3.63, 3.8) is 0 Å².